The van der Waals surface area contributed by atoms with Crippen LogP contribution >= 0.6 is 0 Å². The third-order valence-electron chi connectivity index (χ3n) is 7.59. The molecule has 2 aromatic carbocycles. The van der Waals surface area contributed by atoms with Crippen molar-refractivity contribution in [2.45, 2.75) is 76.5 Å². The molecule has 4 rings (SSSR count). The summed E-state index contributed by atoms with van der Waals surface area (Å²) in [5.74, 6) is -1.30. The van der Waals surface area contributed by atoms with E-state index in [-0.39, 0.29) is 58.8 Å². The Balaban J connectivity index is 1.48. The van der Waals surface area contributed by atoms with Gasteiger partial charge in [0, 0.05) is 12.1 Å². The van der Waals surface area contributed by atoms with Crippen LogP contribution in [-0.4, -0.2) is 42.9 Å². The SMILES string of the molecule is CN[C@@H](CC(C)(C)C)C(=O)C1C[C@H]2[C@@H](NC(=O)C(c3ccc(F)cc3)c3ccc(F)cc3)CC[C@@H]2N1. The van der Waals surface area contributed by atoms with Crippen LogP contribution in [0.25, 0.3) is 0 Å². The molecule has 1 aliphatic heterocycles. The van der Waals surface area contributed by atoms with Crippen LogP contribution in [0.4, 0.5) is 8.78 Å². The minimum absolute atomic E-state index is 0.0318. The number of Topliss-reactive ketones (excluding diaryl/α,β-unsaturated/α-hetero) is 1. The molecular formula is C29H37F2N3O2. The summed E-state index contributed by atoms with van der Waals surface area (Å²) in [7, 11) is 1.83. The van der Waals surface area contributed by atoms with Crippen LogP contribution < -0.4 is 16.0 Å². The number of halogens is 2. The molecule has 194 valence electrons. The summed E-state index contributed by atoms with van der Waals surface area (Å²) in [6, 6.07) is 11.4. The van der Waals surface area contributed by atoms with Gasteiger partial charge in [0.2, 0.25) is 5.91 Å². The lowest BCUT2D eigenvalue weighted by Gasteiger charge is -2.27. The lowest BCUT2D eigenvalue weighted by Crippen LogP contribution is -2.47. The number of carbonyl (C=O) groups excluding carboxylic acids is 2. The van der Waals surface area contributed by atoms with Crippen LogP contribution in [0.1, 0.15) is 63.5 Å². The second-order valence-electron chi connectivity index (χ2n) is 11.5. The first-order valence-corrected chi connectivity index (χ1v) is 12.8. The van der Waals surface area contributed by atoms with Crippen molar-refractivity contribution >= 4 is 11.7 Å². The van der Waals surface area contributed by atoms with Gasteiger partial charge in [0.15, 0.2) is 5.78 Å². The van der Waals surface area contributed by atoms with Crippen LogP contribution in [0, 0.1) is 23.0 Å². The maximum atomic E-state index is 13.6. The molecule has 1 saturated carbocycles. The summed E-state index contributed by atoms with van der Waals surface area (Å²) >= 11 is 0. The smallest absolute Gasteiger partial charge is 0.232 e. The Hall–Kier alpha value is -2.64. The van der Waals surface area contributed by atoms with Crippen LogP contribution in [0.2, 0.25) is 0 Å². The highest BCUT2D eigenvalue weighted by Crippen LogP contribution is 2.37. The van der Waals surface area contributed by atoms with Crippen LogP contribution in [0.3, 0.4) is 0 Å². The Labute approximate surface area is 212 Å². The van der Waals surface area contributed by atoms with Crippen molar-refractivity contribution in [3.05, 3.63) is 71.3 Å². The van der Waals surface area contributed by atoms with Gasteiger partial charge in [-0.05, 0) is 79.5 Å². The van der Waals surface area contributed by atoms with Gasteiger partial charge in [-0.3, -0.25) is 9.59 Å². The minimum Gasteiger partial charge on any atom is -0.352 e. The van der Waals surface area contributed by atoms with Gasteiger partial charge in [0.1, 0.15) is 11.6 Å². The minimum atomic E-state index is -0.683. The first-order chi connectivity index (χ1) is 17.1. The second-order valence-corrected chi connectivity index (χ2v) is 11.5. The highest BCUT2D eigenvalue weighted by molar-refractivity contribution is 5.90. The van der Waals surface area contributed by atoms with Crippen LogP contribution in [0.5, 0.6) is 0 Å². The number of likely N-dealkylation sites (N-methyl/N-ethyl adjacent to an activating group) is 1. The van der Waals surface area contributed by atoms with E-state index in [0.29, 0.717) is 17.5 Å². The molecule has 1 unspecified atom stereocenters. The average molecular weight is 498 g/mol. The number of rotatable bonds is 8. The molecule has 1 saturated heterocycles. The lowest BCUT2D eigenvalue weighted by atomic mass is 9.84. The molecule has 5 atom stereocenters. The molecule has 2 fully saturated rings. The summed E-state index contributed by atoms with van der Waals surface area (Å²) in [5.41, 5.74) is 1.32. The molecule has 2 aliphatic rings. The number of fused-ring (bicyclic) bond motifs is 1. The average Bonchev–Trinajstić information content (AvgIpc) is 3.41. The number of ketones is 1. The third-order valence-corrected chi connectivity index (χ3v) is 7.59. The Bertz CT molecular complexity index is 1020. The first kappa shape index (κ1) is 26.4. The maximum Gasteiger partial charge on any atom is 0.232 e. The monoisotopic (exact) mass is 497 g/mol. The van der Waals surface area contributed by atoms with Gasteiger partial charge in [-0.2, -0.15) is 0 Å². The molecule has 1 aliphatic carbocycles. The zero-order valence-electron chi connectivity index (χ0n) is 21.5. The van der Waals surface area contributed by atoms with E-state index >= 15 is 0 Å². The number of hydrogen-bond acceptors (Lipinski definition) is 4. The molecule has 1 heterocycles. The fourth-order valence-corrected chi connectivity index (χ4v) is 5.85. The van der Waals surface area contributed by atoms with Gasteiger partial charge in [-0.25, -0.2) is 8.78 Å². The fraction of sp³-hybridized carbons (Fsp3) is 0.517. The van der Waals surface area contributed by atoms with Gasteiger partial charge in [-0.15, -0.1) is 0 Å². The number of nitrogens with one attached hydrogen (secondary N) is 3. The Morgan fingerprint density at radius 3 is 2.03 bits per heavy atom. The van der Waals surface area contributed by atoms with E-state index in [0.717, 1.165) is 19.3 Å². The summed E-state index contributed by atoms with van der Waals surface area (Å²) in [6.07, 6.45) is 3.16. The summed E-state index contributed by atoms with van der Waals surface area (Å²) < 4.78 is 27.1. The number of amides is 1. The largest absolute Gasteiger partial charge is 0.352 e. The van der Waals surface area contributed by atoms with E-state index in [1.54, 1.807) is 24.3 Å². The van der Waals surface area contributed by atoms with E-state index < -0.39 is 5.92 Å². The van der Waals surface area contributed by atoms with E-state index in [2.05, 4.69) is 36.7 Å². The quantitative estimate of drug-likeness (QED) is 0.508. The van der Waals surface area contributed by atoms with Crippen molar-refractivity contribution in [1.29, 1.82) is 0 Å². The van der Waals surface area contributed by atoms with Crippen molar-refractivity contribution in [2.24, 2.45) is 11.3 Å². The molecule has 36 heavy (non-hydrogen) atoms. The van der Waals surface area contributed by atoms with Gasteiger partial charge < -0.3 is 16.0 Å². The predicted molar refractivity (Wildman–Crippen MR) is 137 cm³/mol. The molecule has 2 aromatic rings. The van der Waals surface area contributed by atoms with Gasteiger partial charge in [0.25, 0.3) is 0 Å². The second kappa shape index (κ2) is 10.8. The van der Waals surface area contributed by atoms with E-state index in [9.17, 15) is 18.4 Å². The maximum absolute atomic E-state index is 13.6. The van der Waals surface area contributed by atoms with E-state index in [1.165, 1.54) is 24.3 Å². The third kappa shape index (κ3) is 6.01. The van der Waals surface area contributed by atoms with Crippen LogP contribution in [0.15, 0.2) is 48.5 Å². The Morgan fingerprint density at radius 1 is 0.972 bits per heavy atom. The molecule has 0 bridgehead atoms. The Kier molecular flexibility index (Phi) is 7.90. The zero-order valence-corrected chi connectivity index (χ0v) is 21.5. The highest BCUT2D eigenvalue weighted by Gasteiger charge is 2.47. The zero-order chi connectivity index (χ0) is 26.0. The topological polar surface area (TPSA) is 70.2 Å². The van der Waals surface area contributed by atoms with Crippen molar-refractivity contribution in [3.8, 4) is 0 Å². The van der Waals surface area contributed by atoms with E-state index in [1.807, 2.05) is 7.05 Å². The lowest BCUT2D eigenvalue weighted by molar-refractivity contribution is -0.123. The molecule has 0 aromatic heterocycles. The highest BCUT2D eigenvalue weighted by atomic mass is 19.1. The summed E-state index contributed by atoms with van der Waals surface area (Å²) in [5, 5.41) is 9.95. The molecule has 1 amide bonds. The summed E-state index contributed by atoms with van der Waals surface area (Å²) in [6.45, 7) is 6.39. The fourth-order valence-electron chi connectivity index (χ4n) is 5.85. The molecular weight excluding hydrogens is 460 g/mol. The molecule has 0 radical (unpaired) electrons. The van der Waals surface area contributed by atoms with Gasteiger partial charge in [0.05, 0.1) is 18.0 Å². The predicted octanol–water partition coefficient (Wildman–Crippen LogP) is 4.32. The number of hydrogen-bond donors (Lipinski definition) is 3. The molecule has 7 heteroatoms. The van der Waals surface area contributed by atoms with Crippen molar-refractivity contribution in [3.63, 3.8) is 0 Å². The Morgan fingerprint density at radius 2 is 1.53 bits per heavy atom. The molecule has 5 nitrogen and oxygen atoms in total. The van der Waals surface area contributed by atoms with Gasteiger partial charge in [-0.1, -0.05) is 45.0 Å². The molecule has 0 spiro atoms. The standard InChI is InChI=1S/C29H37F2N3O2/c1-29(2,3)16-25(32-4)27(35)24-15-21-22(33-24)13-14-23(21)34-28(36)26(17-5-9-19(30)10-6-17)18-7-11-20(31)12-8-18/h5-12,21-26,32-33H,13-16H2,1-4H3,(H,34,36)/t21-,22+,23+,24?,25+/m1/s1. The first-order valence-electron chi connectivity index (χ1n) is 12.8. The number of carbonyl (C=O) groups is 2. The van der Waals surface area contributed by atoms with Crippen molar-refractivity contribution in [2.75, 3.05) is 7.05 Å². The number of benzene rings is 2. The van der Waals surface area contributed by atoms with E-state index in [4.69, 9.17) is 0 Å². The molecule has 3 N–H and O–H groups in total. The van der Waals surface area contributed by atoms with Crippen LogP contribution in [-0.2, 0) is 9.59 Å². The van der Waals surface area contributed by atoms with Crippen molar-refractivity contribution < 1.29 is 18.4 Å². The van der Waals surface area contributed by atoms with Gasteiger partial charge >= 0.3 is 0 Å². The van der Waals surface area contributed by atoms with Crippen molar-refractivity contribution in [1.82, 2.24) is 16.0 Å². The normalized spacial score (nSPS) is 24.5. The summed E-state index contributed by atoms with van der Waals surface area (Å²) in [4.78, 5) is 26.9.